The monoisotopic (exact) mass is 773 g/mol. The Labute approximate surface area is 329 Å². The summed E-state index contributed by atoms with van der Waals surface area (Å²) in [5.74, 6) is -0.201. The summed E-state index contributed by atoms with van der Waals surface area (Å²) >= 11 is 0. The Kier molecular flexibility index (Phi) is 36.3. The molecule has 0 saturated heterocycles. The summed E-state index contributed by atoms with van der Waals surface area (Å²) in [4.78, 5) is 25.1. The highest BCUT2D eigenvalue weighted by atomic mass is 31.2. The number of carbonyl (C=O) groups excluding carboxylic acids is 1. The summed E-state index contributed by atoms with van der Waals surface area (Å²) in [6, 6.07) is -0.877. The summed E-state index contributed by atoms with van der Waals surface area (Å²) in [7, 11) is 1.26. The molecule has 8 nitrogen and oxygen atoms in total. The van der Waals surface area contributed by atoms with Gasteiger partial charge in [-0.1, -0.05) is 199 Å². The van der Waals surface area contributed by atoms with Gasteiger partial charge in [0.05, 0.1) is 39.9 Å². The van der Waals surface area contributed by atoms with Gasteiger partial charge in [-0.15, -0.1) is 0 Å². The van der Waals surface area contributed by atoms with E-state index >= 15 is 0 Å². The van der Waals surface area contributed by atoms with Gasteiger partial charge in [0, 0.05) is 6.42 Å². The Morgan fingerprint density at radius 2 is 1.02 bits per heavy atom. The van der Waals surface area contributed by atoms with E-state index in [2.05, 4.69) is 19.2 Å². The predicted molar refractivity (Wildman–Crippen MR) is 224 cm³/mol. The maximum atomic E-state index is 12.7. The number of phosphoric acid groups is 1. The predicted octanol–water partition coefficient (Wildman–Crippen LogP) is 11.7. The molecule has 0 aromatic rings. The highest BCUT2D eigenvalue weighted by molar-refractivity contribution is 7.45. The summed E-state index contributed by atoms with van der Waals surface area (Å²) < 4.78 is 23.0. The molecule has 0 bridgehead atoms. The van der Waals surface area contributed by atoms with E-state index in [1.807, 2.05) is 27.2 Å². The number of quaternary nitrogens is 1. The molecule has 3 unspecified atom stereocenters. The Hall–Kier alpha value is -0.760. The van der Waals surface area contributed by atoms with Crippen molar-refractivity contribution in [3.63, 3.8) is 0 Å². The van der Waals surface area contributed by atoms with Crippen LogP contribution in [0.1, 0.15) is 213 Å². The number of nitrogens with zero attached hydrogens (tertiary/aromatic N) is 1. The summed E-state index contributed by atoms with van der Waals surface area (Å²) in [6.07, 6.45) is 41.8. The number of nitrogens with one attached hydrogen (secondary N) is 1. The fourth-order valence-electron chi connectivity index (χ4n) is 6.62. The second kappa shape index (κ2) is 36.9. The van der Waals surface area contributed by atoms with E-state index in [4.69, 9.17) is 9.05 Å². The lowest BCUT2D eigenvalue weighted by Crippen LogP contribution is -2.45. The number of phosphoric ester groups is 1. The van der Waals surface area contributed by atoms with Crippen molar-refractivity contribution in [2.75, 3.05) is 40.9 Å². The third kappa shape index (κ3) is 39.3. The molecule has 53 heavy (non-hydrogen) atoms. The van der Waals surface area contributed by atoms with Crippen LogP contribution in [-0.4, -0.2) is 68.5 Å². The first-order valence-electron chi connectivity index (χ1n) is 22.6. The quantitative estimate of drug-likeness (QED) is 0.0277. The van der Waals surface area contributed by atoms with E-state index in [1.54, 1.807) is 6.08 Å². The number of allylic oxidation sites excluding steroid dienone is 1. The molecule has 0 fully saturated rings. The van der Waals surface area contributed by atoms with Crippen molar-refractivity contribution >= 4 is 13.7 Å². The van der Waals surface area contributed by atoms with Crippen molar-refractivity contribution in [2.24, 2.45) is 0 Å². The molecule has 0 saturated carbocycles. The standard InChI is InChI=1S/C44H89N2O6P/c1-6-8-10-12-13-14-15-16-17-18-19-20-21-22-23-24-25-26-27-28-29-30-31-32-34-36-38-44(48)45-42(43(47)37-35-33-11-9-7-2)41-52-53(49,50)51-40-39-46(3,4)5/h35,37,42-43,47H,6-34,36,38-41H2,1-5H3,(H-,45,48,49,50)/b37-35+. The van der Waals surface area contributed by atoms with Crippen LogP contribution in [0.25, 0.3) is 0 Å². The molecular formula is C44H89N2O6P. The minimum absolute atomic E-state index is 0.000793. The lowest BCUT2D eigenvalue weighted by Gasteiger charge is -2.29. The molecule has 0 spiro atoms. The maximum Gasteiger partial charge on any atom is 0.268 e. The second-order valence-corrected chi connectivity index (χ2v) is 18.2. The van der Waals surface area contributed by atoms with Crippen LogP contribution < -0.4 is 10.2 Å². The third-order valence-corrected chi connectivity index (χ3v) is 11.2. The Balaban J connectivity index is 3.91. The fourth-order valence-corrected chi connectivity index (χ4v) is 7.35. The zero-order valence-electron chi connectivity index (χ0n) is 35.7. The number of unbranched alkanes of at least 4 members (excludes halogenated alkanes) is 28. The number of aliphatic hydroxyl groups excluding tert-OH is 1. The number of carbonyl (C=O) groups is 1. The third-order valence-electron chi connectivity index (χ3n) is 10.2. The van der Waals surface area contributed by atoms with Crippen molar-refractivity contribution in [3.05, 3.63) is 12.2 Å². The van der Waals surface area contributed by atoms with Gasteiger partial charge < -0.3 is 28.8 Å². The highest BCUT2D eigenvalue weighted by Crippen LogP contribution is 2.38. The summed E-state index contributed by atoms with van der Waals surface area (Å²) in [5, 5.41) is 13.6. The first kappa shape index (κ1) is 52.2. The Morgan fingerprint density at radius 1 is 0.642 bits per heavy atom. The molecule has 0 heterocycles. The van der Waals surface area contributed by atoms with E-state index < -0.39 is 20.0 Å². The van der Waals surface area contributed by atoms with E-state index in [-0.39, 0.29) is 19.1 Å². The molecule has 0 aliphatic heterocycles. The average molecular weight is 773 g/mol. The molecule has 0 aliphatic carbocycles. The summed E-state index contributed by atoms with van der Waals surface area (Å²) in [5.41, 5.74) is 0. The van der Waals surface area contributed by atoms with E-state index in [0.29, 0.717) is 17.4 Å². The molecule has 0 aromatic heterocycles. The normalized spacial score (nSPS) is 14.5. The number of hydrogen-bond donors (Lipinski definition) is 2. The topological polar surface area (TPSA) is 108 Å². The number of amides is 1. The fraction of sp³-hybridized carbons (Fsp3) is 0.932. The molecule has 3 atom stereocenters. The van der Waals surface area contributed by atoms with Crippen molar-refractivity contribution < 1.29 is 32.9 Å². The van der Waals surface area contributed by atoms with Crippen LogP contribution in [0.3, 0.4) is 0 Å². The van der Waals surface area contributed by atoms with Gasteiger partial charge in [-0.3, -0.25) is 9.36 Å². The van der Waals surface area contributed by atoms with Gasteiger partial charge in [-0.05, 0) is 19.3 Å². The minimum atomic E-state index is -4.57. The number of rotatable bonds is 41. The number of likely N-dealkylation sites (N-methyl/N-ethyl adjacent to an activating group) is 1. The second-order valence-electron chi connectivity index (χ2n) is 16.8. The zero-order valence-corrected chi connectivity index (χ0v) is 36.6. The van der Waals surface area contributed by atoms with Crippen LogP contribution in [0, 0.1) is 0 Å². The van der Waals surface area contributed by atoms with Crippen LogP contribution in [0.15, 0.2) is 12.2 Å². The molecule has 0 aromatic carbocycles. The van der Waals surface area contributed by atoms with Gasteiger partial charge in [0.2, 0.25) is 5.91 Å². The molecule has 0 radical (unpaired) electrons. The van der Waals surface area contributed by atoms with Crippen molar-refractivity contribution in [1.82, 2.24) is 5.32 Å². The van der Waals surface area contributed by atoms with Crippen LogP contribution in [0.2, 0.25) is 0 Å². The van der Waals surface area contributed by atoms with Gasteiger partial charge >= 0.3 is 0 Å². The van der Waals surface area contributed by atoms with Gasteiger partial charge in [-0.2, -0.15) is 0 Å². The van der Waals surface area contributed by atoms with Gasteiger partial charge in [-0.25, -0.2) is 0 Å². The van der Waals surface area contributed by atoms with Gasteiger partial charge in [0.25, 0.3) is 7.82 Å². The number of aliphatic hydroxyl groups is 1. The van der Waals surface area contributed by atoms with E-state index in [0.717, 1.165) is 44.9 Å². The molecule has 0 aliphatic rings. The van der Waals surface area contributed by atoms with Gasteiger partial charge in [0.15, 0.2) is 0 Å². The lowest BCUT2D eigenvalue weighted by atomic mass is 10.0. The van der Waals surface area contributed by atoms with Crippen LogP contribution >= 0.6 is 7.82 Å². The minimum Gasteiger partial charge on any atom is -0.756 e. The largest absolute Gasteiger partial charge is 0.756 e. The molecular weight excluding hydrogens is 683 g/mol. The van der Waals surface area contributed by atoms with Crippen LogP contribution in [0.5, 0.6) is 0 Å². The molecule has 9 heteroatoms. The van der Waals surface area contributed by atoms with Crippen molar-refractivity contribution in [2.45, 2.75) is 225 Å². The van der Waals surface area contributed by atoms with Gasteiger partial charge in [0.1, 0.15) is 13.2 Å². The molecule has 0 rings (SSSR count). The first-order chi connectivity index (χ1) is 25.5. The lowest BCUT2D eigenvalue weighted by molar-refractivity contribution is -0.870. The van der Waals surface area contributed by atoms with Crippen molar-refractivity contribution in [1.29, 1.82) is 0 Å². The highest BCUT2D eigenvalue weighted by Gasteiger charge is 2.23. The SMILES string of the molecule is CCCCC/C=C/C(O)C(COP(=O)([O-])OCC[N+](C)(C)C)NC(=O)CCCCCCCCCCCCCCCCCCCCCCCCCCCC. The first-order valence-corrected chi connectivity index (χ1v) is 24.0. The zero-order chi connectivity index (χ0) is 39.3. The van der Waals surface area contributed by atoms with E-state index in [1.165, 1.54) is 148 Å². The van der Waals surface area contributed by atoms with Crippen molar-refractivity contribution in [3.8, 4) is 0 Å². The molecule has 2 N–H and O–H groups in total. The summed E-state index contributed by atoms with van der Waals surface area (Å²) in [6.45, 7) is 4.55. The average Bonchev–Trinajstić information content (AvgIpc) is 3.10. The Bertz CT molecular complexity index is 880. The maximum absolute atomic E-state index is 12.7. The molecule has 316 valence electrons. The van der Waals surface area contributed by atoms with E-state index in [9.17, 15) is 19.4 Å². The van der Waals surface area contributed by atoms with Crippen LogP contribution in [-0.2, 0) is 18.4 Å². The Morgan fingerprint density at radius 3 is 1.42 bits per heavy atom. The van der Waals surface area contributed by atoms with Crippen LogP contribution in [0.4, 0.5) is 0 Å². The smallest absolute Gasteiger partial charge is 0.268 e. The molecule has 1 amide bonds. The number of hydrogen-bond acceptors (Lipinski definition) is 6.